The van der Waals surface area contributed by atoms with Crippen LogP contribution in [0, 0.1) is 18.3 Å². The van der Waals surface area contributed by atoms with Crippen LogP contribution in [-0.4, -0.2) is 4.98 Å². The van der Waals surface area contributed by atoms with Gasteiger partial charge in [0.2, 0.25) is 0 Å². The van der Waals surface area contributed by atoms with Gasteiger partial charge in [0.25, 0.3) is 0 Å². The van der Waals surface area contributed by atoms with Crippen LogP contribution in [0.2, 0.25) is 0 Å². The number of pyridine rings is 1. The van der Waals surface area contributed by atoms with Crippen molar-refractivity contribution in [3.63, 3.8) is 0 Å². The van der Waals surface area contributed by atoms with Gasteiger partial charge in [-0.3, -0.25) is 0 Å². The maximum Gasteiger partial charge on any atom is 0.127 e. The zero-order valence-corrected chi connectivity index (χ0v) is 8.90. The van der Waals surface area contributed by atoms with Crippen molar-refractivity contribution in [2.24, 2.45) is 0 Å². The lowest BCUT2D eigenvalue weighted by Crippen LogP contribution is -2.00. The highest BCUT2D eigenvalue weighted by Gasteiger charge is 2.00. The summed E-state index contributed by atoms with van der Waals surface area (Å²) < 4.78 is 5.41. The molecule has 0 bridgehead atoms. The third-order valence-electron chi connectivity index (χ3n) is 2.13. The zero-order valence-electron chi connectivity index (χ0n) is 8.90. The molecular formula is C12H11N3O. The molecule has 0 radical (unpaired) electrons. The molecule has 0 aliphatic rings. The smallest absolute Gasteiger partial charge is 0.127 e. The van der Waals surface area contributed by atoms with Gasteiger partial charge >= 0.3 is 0 Å². The number of furan rings is 1. The van der Waals surface area contributed by atoms with E-state index < -0.39 is 0 Å². The van der Waals surface area contributed by atoms with E-state index in [-0.39, 0.29) is 0 Å². The van der Waals surface area contributed by atoms with Gasteiger partial charge in [0.1, 0.15) is 17.3 Å². The molecule has 2 aromatic rings. The quantitative estimate of drug-likeness (QED) is 0.850. The predicted octanol–water partition coefficient (Wildman–Crippen LogP) is 2.47. The summed E-state index contributed by atoms with van der Waals surface area (Å²) in [6.07, 6.45) is 1.61. The molecule has 0 unspecified atom stereocenters. The summed E-state index contributed by atoms with van der Waals surface area (Å²) in [5, 5.41) is 11.8. The number of nitrogens with zero attached hydrogens (tertiary/aromatic N) is 2. The second kappa shape index (κ2) is 4.49. The third kappa shape index (κ3) is 2.39. The van der Waals surface area contributed by atoms with Gasteiger partial charge < -0.3 is 9.73 Å². The minimum absolute atomic E-state index is 0.565. The van der Waals surface area contributed by atoms with Crippen LogP contribution in [-0.2, 0) is 6.54 Å². The fraction of sp³-hybridized carbons (Fsp3) is 0.167. The van der Waals surface area contributed by atoms with Gasteiger partial charge in [0.05, 0.1) is 18.2 Å². The van der Waals surface area contributed by atoms with Crippen LogP contribution in [0.3, 0.4) is 0 Å². The predicted molar refractivity (Wildman–Crippen MR) is 59.7 cm³/mol. The Kier molecular flexibility index (Phi) is 2.88. The van der Waals surface area contributed by atoms with Crippen LogP contribution in [0.1, 0.15) is 17.1 Å². The maximum atomic E-state index is 8.73. The van der Waals surface area contributed by atoms with E-state index in [1.165, 1.54) is 0 Å². The molecule has 4 heteroatoms. The van der Waals surface area contributed by atoms with E-state index in [0.29, 0.717) is 17.9 Å². The zero-order chi connectivity index (χ0) is 11.4. The van der Waals surface area contributed by atoms with E-state index >= 15 is 0 Å². The Labute approximate surface area is 93.5 Å². The molecule has 4 nitrogen and oxygen atoms in total. The Hall–Kier alpha value is -2.28. The number of aryl methyl sites for hydroxylation is 1. The van der Waals surface area contributed by atoms with Gasteiger partial charge in [-0.05, 0) is 31.2 Å². The van der Waals surface area contributed by atoms with Crippen molar-refractivity contribution < 1.29 is 4.42 Å². The highest BCUT2D eigenvalue weighted by Crippen LogP contribution is 2.10. The summed E-state index contributed by atoms with van der Waals surface area (Å²) >= 11 is 0. The third-order valence-corrected chi connectivity index (χ3v) is 2.13. The van der Waals surface area contributed by atoms with Crippen molar-refractivity contribution in [2.75, 3.05) is 5.32 Å². The molecule has 0 saturated heterocycles. The number of nitriles is 1. The largest absolute Gasteiger partial charge is 0.465 e. The van der Waals surface area contributed by atoms with Crippen LogP contribution in [0.25, 0.3) is 0 Å². The molecule has 2 aromatic heterocycles. The molecule has 16 heavy (non-hydrogen) atoms. The first-order valence-electron chi connectivity index (χ1n) is 4.93. The summed E-state index contributed by atoms with van der Waals surface area (Å²) in [5.41, 5.74) is 0.591. The molecule has 0 atom stereocenters. The number of nitrogens with one attached hydrogen (secondary N) is 1. The van der Waals surface area contributed by atoms with Gasteiger partial charge in [0, 0.05) is 6.20 Å². The van der Waals surface area contributed by atoms with E-state index in [0.717, 1.165) is 11.5 Å². The second-order valence-corrected chi connectivity index (χ2v) is 3.41. The van der Waals surface area contributed by atoms with Crippen molar-refractivity contribution in [1.29, 1.82) is 5.26 Å². The second-order valence-electron chi connectivity index (χ2n) is 3.41. The lowest BCUT2D eigenvalue weighted by Gasteiger charge is -2.02. The fourth-order valence-corrected chi connectivity index (χ4v) is 1.35. The Morgan fingerprint density at radius 1 is 1.44 bits per heavy atom. The fourth-order valence-electron chi connectivity index (χ4n) is 1.35. The average molecular weight is 213 g/mol. The minimum atomic E-state index is 0.565. The SMILES string of the molecule is Cc1ccc(CNc2cc(C#N)ccn2)o1. The van der Waals surface area contributed by atoms with Gasteiger partial charge in [-0.15, -0.1) is 0 Å². The van der Waals surface area contributed by atoms with E-state index in [9.17, 15) is 0 Å². The van der Waals surface area contributed by atoms with E-state index in [1.54, 1.807) is 18.3 Å². The van der Waals surface area contributed by atoms with Crippen molar-refractivity contribution in [3.05, 3.63) is 47.5 Å². The minimum Gasteiger partial charge on any atom is -0.465 e. The summed E-state index contributed by atoms with van der Waals surface area (Å²) in [5.74, 6) is 2.41. The lowest BCUT2D eigenvalue weighted by atomic mass is 10.3. The van der Waals surface area contributed by atoms with Crippen molar-refractivity contribution >= 4 is 5.82 Å². The molecular weight excluding hydrogens is 202 g/mol. The van der Waals surface area contributed by atoms with E-state index in [4.69, 9.17) is 9.68 Å². The molecule has 1 N–H and O–H groups in total. The molecule has 0 aliphatic heterocycles. The van der Waals surface area contributed by atoms with Crippen LogP contribution in [0.15, 0.2) is 34.9 Å². The number of rotatable bonds is 3. The topological polar surface area (TPSA) is 61.9 Å². The highest BCUT2D eigenvalue weighted by molar-refractivity contribution is 5.42. The molecule has 0 amide bonds. The summed E-state index contributed by atoms with van der Waals surface area (Å²) in [6, 6.07) is 9.27. The molecule has 80 valence electrons. The lowest BCUT2D eigenvalue weighted by molar-refractivity contribution is 0.490. The number of hydrogen-bond donors (Lipinski definition) is 1. The van der Waals surface area contributed by atoms with E-state index in [1.807, 2.05) is 19.1 Å². The standard InChI is InChI=1S/C12H11N3O/c1-9-2-3-11(16-9)8-15-12-6-10(7-13)4-5-14-12/h2-6H,8H2,1H3,(H,14,15). The highest BCUT2D eigenvalue weighted by atomic mass is 16.3. The van der Waals surface area contributed by atoms with Crippen molar-refractivity contribution in [1.82, 2.24) is 4.98 Å². The number of anilines is 1. The van der Waals surface area contributed by atoms with E-state index in [2.05, 4.69) is 16.4 Å². The summed E-state index contributed by atoms with van der Waals surface area (Å²) in [6.45, 7) is 2.47. The van der Waals surface area contributed by atoms with Crippen molar-refractivity contribution in [3.8, 4) is 6.07 Å². The molecule has 0 saturated carbocycles. The first-order chi connectivity index (χ1) is 7.78. The number of aromatic nitrogens is 1. The first-order valence-corrected chi connectivity index (χ1v) is 4.93. The van der Waals surface area contributed by atoms with Crippen LogP contribution in [0.4, 0.5) is 5.82 Å². The van der Waals surface area contributed by atoms with Crippen LogP contribution < -0.4 is 5.32 Å². The Morgan fingerprint density at radius 2 is 2.31 bits per heavy atom. The molecule has 0 aromatic carbocycles. The number of hydrogen-bond acceptors (Lipinski definition) is 4. The molecule has 0 spiro atoms. The molecule has 0 fully saturated rings. The van der Waals surface area contributed by atoms with Crippen LogP contribution >= 0.6 is 0 Å². The van der Waals surface area contributed by atoms with Gasteiger partial charge in [0.15, 0.2) is 0 Å². The molecule has 2 rings (SSSR count). The monoisotopic (exact) mass is 213 g/mol. The molecule has 2 heterocycles. The Morgan fingerprint density at radius 3 is 3.00 bits per heavy atom. The summed E-state index contributed by atoms with van der Waals surface area (Å²) in [4.78, 5) is 4.11. The normalized spacial score (nSPS) is 9.75. The molecule has 0 aliphatic carbocycles. The maximum absolute atomic E-state index is 8.73. The van der Waals surface area contributed by atoms with Gasteiger partial charge in [-0.25, -0.2) is 4.98 Å². The summed E-state index contributed by atoms with van der Waals surface area (Å²) in [7, 11) is 0. The van der Waals surface area contributed by atoms with Gasteiger partial charge in [-0.1, -0.05) is 0 Å². The van der Waals surface area contributed by atoms with Gasteiger partial charge in [-0.2, -0.15) is 5.26 Å². The van der Waals surface area contributed by atoms with Crippen molar-refractivity contribution in [2.45, 2.75) is 13.5 Å². The van der Waals surface area contributed by atoms with Crippen LogP contribution in [0.5, 0.6) is 0 Å². The first kappa shape index (κ1) is 10.2. The average Bonchev–Trinajstić information content (AvgIpc) is 2.73. The Balaban J connectivity index is 2.02. The Bertz CT molecular complexity index is 525.